The summed E-state index contributed by atoms with van der Waals surface area (Å²) in [5, 5.41) is 4.07. The Morgan fingerprint density at radius 2 is 1.82 bits per heavy atom. The molecule has 0 atom stereocenters. The molecule has 2 amide bonds. The summed E-state index contributed by atoms with van der Waals surface area (Å²) in [6.45, 7) is 5.05. The summed E-state index contributed by atoms with van der Waals surface area (Å²) in [7, 11) is 3.15. The van der Waals surface area contributed by atoms with Crippen LogP contribution >= 0.6 is 0 Å². The standard InChI is InChI=1S/C25H29N3O5/c1-4-15-33-22-10-5-18(16-23(22)32-3)17-26-27-24(29)19-11-13-28(14-12-19)25(30)20-6-8-21(31-2)9-7-20/h4-10,16-17,19H,1,11-15H2,2-3H3,(H,27,29)/b26-17-. The Morgan fingerprint density at radius 3 is 2.45 bits per heavy atom. The summed E-state index contributed by atoms with van der Waals surface area (Å²) in [4.78, 5) is 27.0. The quantitative estimate of drug-likeness (QED) is 0.359. The molecule has 174 valence electrons. The van der Waals surface area contributed by atoms with Crippen molar-refractivity contribution in [3.8, 4) is 17.2 Å². The van der Waals surface area contributed by atoms with Crippen LogP contribution in [0.3, 0.4) is 0 Å². The van der Waals surface area contributed by atoms with E-state index in [1.165, 1.54) is 0 Å². The zero-order chi connectivity index (χ0) is 23.6. The van der Waals surface area contributed by atoms with Crippen molar-refractivity contribution < 1.29 is 23.8 Å². The number of piperidine rings is 1. The first-order valence-corrected chi connectivity index (χ1v) is 10.7. The predicted molar refractivity (Wildman–Crippen MR) is 126 cm³/mol. The molecular weight excluding hydrogens is 422 g/mol. The van der Waals surface area contributed by atoms with Crippen molar-refractivity contribution >= 4 is 18.0 Å². The summed E-state index contributed by atoms with van der Waals surface area (Å²) in [5.41, 5.74) is 3.98. The van der Waals surface area contributed by atoms with Crippen molar-refractivity contribution in [2.45, 2.75) is 12.8 Å². The summed E-state index contributed by atoms with van der Waals surface area (Å²) < 4.78 is 16.0. The second-order valence-electron chi connectivity index (χ2n) is 7.54. The van der Waals surface area contributed by atoms with Gasteiger partial charge in [-0.2, -0.15) is 5.10 Å². The maximum absolute atomic E-state index is 12.7. The van der Waals surface area contributed by atoms with Gasteiger partial charge in [-0.25, -0.2) is 5.43 Å². The number of carbonyl (C=O) groups excluding carboxylic acids is 2. The lowest BCUT2D eigenvalue weighted by molar-refractivity contribution is -0.126. The number of methoxy groups -OCH3 is 2. The monoisotopic (exact) mass is 451 g/mol. The number of likely N-dealkylation sites (tertiary alicyclic amines) is 1. The van der Waals surface area contributed by atoms with E-state index >= 15 is 0 Å². The lowest BCUT2D eigenvalue weighted by atomic mass is 9.95. The molecule has 1 aliphatic rings. The fraction of sp³-hybridized carbons (Fsp3) is 0.320. The van der Waals surface area contributed by atoms with Gasteiger partial charge in [-0.15, -0.1) is 0 Å². The second kappa shape index (κ2) is 11.7. The Bertz CT molecular complexity index is 996. The molecule has 1 aliphatic heterocycles. The van der Waals surface area contributed by atoms with Crippen LogP contribution < -0.4 is 19.6 Å². The minimum atomic E-state index is -0.189. The van der Waals surface area contributed by atoms with Crippen molar-refractivity contribution in [1.29, 1.82) is 0 Å². The molecule has 8 nitrogen and oxygen atoms in total. The predicted octanol–water partition coefficient (Wildman–Crippen LogP) is 3.27. The summed E-state index contributed by atoms with van der Waals surface area (Å²) >= 11 is 0. The van der Waals surface area contributed by atoms with Crippen molar-refractivity contribution in [1.82, 2.24) is 10.3 Å². The number of benzene rings is 2. The van der Waals surface area contributed by atoms with Gasteiger partial charge in [-0.3, -0.25) is 9.59 Å². The first-order chi connectivity index (χ1) is 16.0. The maximum Gasteiger partial charge on any atom is 0.253 e. The first-order valence-electron chi connectivity index (χ1n) is 10.7. The fourth-order valence-electron chi connectivity index (χ4n) is 3.56. The number of hydrazone groups is 1. The second-order valence-corrected chi connectivity index (χ2v) is 7.54. The van der Waals surface area contributed by atoms with Crippen LogP contribution in [-0.4, -0.2) is 56.8 Å². The number of nitrogens with zero attached hydrogens (tertiary/aromatic N) is 2. The molecule has 0 spiro atoms. The highest BCUT2D eigenvalue weighted by Crippen LogP contribution is 2.27. The largest absolute Gasteiger partial charge is 0.497 e. The van der Waals surface area contributed by atoms with Crippen molar-refractivity contribution in [2.24, 2.45) is 11.0 Å². The third kappa shape index (κ3) is 6.35. The van der Waals surface area contributed by atoms with Gasteiger partial charge in [0.25, 0.3) is 5.91 Å². The molecule has 2 aromatic carbocycles. The van der Waals surface area contributed by atoms with E-state index in [1.807, 2.05) is 6.07 Å². The van der Waals surface area contributed by atoms with Gasteiger partial charge in [0.15, 0.2) is 11.5 Å². The summed E-state index contributed by atoms with van der Waals surface area (Å²) in [6, 6.07) is 12.4. The maximum atomic E-state index is 12.7. The van der Waals surface area contributed by atoms with E-state index in [0.717, 1.165) is 5.56 Å². The SMILES string of the molecule is C=CCOc1ccc(/C=N\NC(=O)C2CCN(C(=O)c3ccc(OC)cc3)CC2)cc1OC. The molecule has 0 aliphatic carbocycles. The van der Waals surface area contributed by atoms with Gasteiger partial charge in [0, 0.05) is 24.6 Å². The van der Waals surface area contributed by atoms with Gasteiger partial charge in [-0.1, -0.05) is 12.7 Å². The number of rotatable bonds is 9. The normalized spacial score (nSPS) is 14.1. The van der Waals surface area contributed by atoms with Crippen LogP contribution in [0.1, 0.15) is 28.8 Å². The Kier molecular flexibility index (Phi) is 8.46. The topological polar surface area (TPSA) is 89.5 Å². The molecule has 0 unspecified atom stereocenters. The Balaban J connectivity index is 1.49. The van der Waals surface area contributed by atoms with Gasteiger partial charge >= 0.3 is 0 Å². The molecule has 1 N–H and O–H groups in total. The number of ether oxygens (including phenoxy) is 3. The average Bonchev–Trinajstić information content (AvgIpc) is 2.87. The molecular formula is C25H29N3O5. The van der Waals surface area contributed by atoms with E-state index < -0.39 is 0 Å². The van der Waals surface area contributed by atoms with E-state index in [4.69, 9.17) is 14.2 Å². The van der Waals surface area contributed by atoms with E-state index in [2.05, 4.69) is 17.1 Å². The molecule has 0 radical (unpaired) electrons. The summed E-state index contributed by atoms with van der Waals surface area (Å²) in [6.07, 6.45) is 4.39. The lowest BCUT2D eigenvalue weighted by Gasteiger charge is -2.31. The number of hydrogen-bond acceptors (Lipinski definition) is 6. The molecule has 0 saturated carbocycles. The fourth-order valence-corrected chi connectivity index (χ4v) is 3.56. The van der Waals surface area contributed by atoms with Crippen LogP contribution in [0.4, 0.5) is 0 Å². The lowest BCUT2D eigenvalue weighted by Crippen LogP contribution is -2.42. The minimum absolute atomic E-state index is 0.0380. The van der Waals surface area contributed by atoms with Crippen LogP contribution in [-0.2, 0) is 4.79 Å². The zero-order valence-electron chi connectivity index (χ0n) is 19.0. The average molecular weight is 452 g/mol. The van der Waals surface area contributed by atoms with Crippen LogP contribution in [0.15, 0.2) is 60.2 Å². The Morgan fingerprint density at radius 1 is 1.09 bits per heavy atom. The van der Waals surface area contributed by atoms with Crippen LogP contribution in [0.25, 0.3) is 0 Å². The van der Waals surface area contributed by atoms with Crippen molar-refractivity contribution in [2.75, 3.05) is 33.9 Å². The number of amides is 2. The van der Waals surface area contributed by atoms with Crippen molar-refractivity contribution in [3.63, 3.8) is 0 Å². The third-order valence-electron chi connectivity index (χ3n) is 5.42. The van der Waals surface area contributed by atoms with Gasteiger partial charge in [0.1, 0.15) is 12.4 Å². The zero-order valence-corrected chi connectivity index (χ0v) is 19.0. The number of hydrogen-bond donors (Lipinski definition) is 1. The number of carbonyl (C=O) groups is 2. The molecule has 33 heavy (non-hydrogen) atoms. The first kappa shape index (κ1) is 23.8. The molecule has 3 rings (SSSR count). The molecule has 1 saturated heterocycles. The van der Waals surface area contributed by atoms with Crippen LogP contribution in [0, 0.1) is 5.92 Å². The summed E-state index contributed by atoms with van der Waals surface area (Å²) in [5.74, 6) is 1.50. The Hall–Kier alpha value is -3.81. The van der Waals surface area contributed by atoms with E-state index in [9.17, 15) is 9.59 Å². The highest BCUT2D eigenvalue weighted by Gasteiger charge is 2.27. The van der Waals surface area contributed by atoms with Gasteiger partial charge in [-0.05, 0) is 60.9 Å². The van der Waals surface area contributed by atoms with E-state index in [0.29, 0.717) is 55.4 Å². The molecule has 8 heteroatoms. The molecule has 2 aromatic rings. The molecule has 0 aromatic heterocycles. The highest BCUT2D eigenvalue weighted by atomic mass is 16.5. The van der Waals surface area contributed by atoms with E-state index in [-0.39, 0.29) is 17.7 Å². The van der Waals surface area contributed by atoms with Gasteiger partial charge in [0.05, 0.1) is 20.4 Å². The van der Waals surface area contributed by atoms with Gasteiger partial charge < -0.3 is 19.1 Å². The van der Waals surface area contributed by atoms with Crippen LogP contribution in [0.5, 0.6) is 17.2 Å². The Labute approximate surface area is 193 Å². The third-order valence-corrected chi connectivity index (χ3v) is 5.42. The molecule has 1 fully saturated rings. The van der Waals surface area contributed by atoms with Crippen LogP contribution in [0.2, 0.25) is 0 Å². The minimum Gasteiger partial charge on any atom is -0.497 e. The number of nitrogens with one attached hydrogen (secondary N) is 1. The van der Waals surface area contributed by atoms with E-state index in [1.54, 1.807) is 67.8 Å². The smallest absolute Gasteiger partial charge is 0.253 e. The van der Waals surface area contributed by atoms with Crippen molar-refractivity contribution in [3.05, 3.63) is 66.2 Å². The highest BCUT2D eigenvalue weighted by molar-refractivity contribution is 5.94. The molecule has 1 heterocycles. The van der Waals surface area contributed by atoms with Gasteiger partial charge in [0.2, 0.25) is 5.91 Å². The molecule has 0 bridgehead atoms.